The zero-order valence-electron chi connectivity index (χ0n) is 10.8. The SMILES string of the molecule is CCOC(=O)CN(C(=O)CNC(C)=O)C(C)C. The summed E-state index contributed by atoms with van der Waals surface area (Å²) >= 11 is 0. The van der Waals surface area contributed by atoms with Crippen molar-refractivity contribution in [1.29, 1.82) is 0 Å². The number of esters is 1. The Balaban J connectivity index is 4.36. The molecule has 0 saturated carbocycles. The third-order valence-electron chi connectivity index (χ3n) is 2.04. The predicted molar refractivity (Wildman–Crippen MR) is 62.2 cm³/mol. The van der Waals surface area contributed by atoms with Crippen LogP contribution in [-0.2, 0) is 19.1 Å². The van der Waals surface area contributed by atoms with E-state index in [4.69, 9.17) is 4.74 Å². The first kappa shape index (κ1) is 15.4. The summed E-state index contributed by atoms with van der Waals surface area (Å²) in [7, 11) is 0. The summed E-state index contributed by atoms with van der Waals surface area (Å²) in [5.41, 5.74) is 0. The van der Waals surface area contributed by atoms with E-state index >= 15 is 0 Å². The highest BCUT2D eigenvalue weighted by molar-refractivity contribution is 5.86. The van der Waals surface area contributed by atoms with Crippen LogP contribution in [0.15, 0.2) is 0 Å². The first-order valence-corrected chi connectivity index (χ1v) is 5.58. The lowest BCUT2D eigenvalue weighted by Crippen LogP contribution is -2.46. The molecule has 0 aliphatic rings. The molecule has 0 unspecified atom stereocenters. The van der Waals surface area contributed by atoms with E-state index < -0.39 is 5.97 Å². The maximum absolute atomic E-state index is 11.7. The molecule has 0 heterocycles. The fourth-order valence-electron chi connectivity index (χ4n) is 1.21. The maximum atomic E-state index is 11.7. The Labute approximate surface area is 101 Å². The molecule has 0 radical (unpaired) electrons. The van der Waals surface area contributed by atoms with Crippen LogP contribution < -0.4 is 5.32 Å². The summed E-state index contributed by atoms with van der Waals surface area (Å²) in [4.78, 5) is 35.1. The zero-order valence-corrected chi connectivity index (χ0v) is 10.8. The Bertz CT molecular complexity index is 289. The van der Waals surface area contributed by atoms with Crippen molar-refractivity contribution in [3.63, 3.8) is 0 Å². The molecule has 0 bridgehead atoms. The van der Waals surface area contributed by atoms with Crippen molar-refractivity contribution in [3.05, 3.63) is 0 Å². The quantitative estimate of drug-likeness (QED) is 0.663. The first-order chi connectivity index (χ1) is 7.88. The number of nitrogens with one attached hydrogen (secondary N) is 1. The lowest BCUT2D eigenvalue weighted by atomic mass is 10.3. The Morgan fingerprint density at radius 1 is 1.29 bits per heavy atom. The van der Waals surface area contributed by atoms with Crippen LogP contribution in [0.3, 0.4) is 0 Å². The summed E-state index contributed by atoms with van der Waals surface area (Å²) < 4.78 is 4.78. The predicted octanol–water partition coefficient (Wildman–Crippen LogP) is -0.0774. The van der Waals surface area contributed by atoms with Gasteiger partial charge in [0.1, 0.15) is 6.54 Å². The summed E-state index contributed by atoms with van der Waals surface area (Å²) in [6.45, 7) is 6.71. The van der Waals surface area contributed by atoms with Crippen LogP contribution in [0.2, 0.25) is 0 Å². The highest BCUT2D eigenvalue weighted by Crippen LogP contribution is 1.99. The minimum atomic E-state index is -0.447. The van der Waals surface area contributed by atoms with Gasteiger partial charge < -0.3 is 15.0 Å². The molecule has 6 nitrogen and oxygen atoms in total. The van der Waals surface area contributed by atoms with Crippen LogP contribution in [0.25, 0.3) is 0 Å². The van der Waals surface area contributed by atoms with Gasteiger partial charge in [0.05, 0.1) is 13.2 Å². The number of carbonyl (C=O) groups is 3. The molecule has 0 aromatic rings. The molecule has 0 aliphatic carbocycles. The van der Waals surface area contributed by atoms with Gasteiger partial charge >= 0.3 is 5.97 Å². The van der Waals surface area contributed by atoms with Gasteiger partial charge in [-0.3, -0.25) is 14.4 Å². The molecule has 0 spiro atoms. The van der Waals surface area contributed by atoms with E-state index in [-0.39, 0.29) is 37.6 Å². The van der Waals surface area contributed by atoms with Gasteiger partial charge in [-0.1, -0.05) is 0 Å². The Morgan fingerprint density at radius 2 is 1.88 bits per heavy atom. The molecule has 0 rings (SSSR count). The van der Waals surface area contributed by atoms with E-state index in [0.29, 0.717) is 0 Å². The Kier molecular flexibility index (Phi) is 6.93. The average Bonchev–Trinajstić information content (AvgIpc) is 2.22. The highest BCUT2D eigenvalue weighted by atomic mass is 16.5. The Morgan fingerprint density at radius 3 is 2.29 bits per heavy atom. The standard InChI is InChI=1S/C11H20N2O4/c1-5-17-11(16)7-13(8(2)3)10(15)6-12-9(4)14/h8H,5-7H2,1-4H3,(H,12,14). The zero-order chi connectivity index (χ0) is 13.4. The van der Waals surface area contributed by atoms with Gasteiger partial charge in [0.2, 0.25) is 11.8 Å². The van der Waals surface area contributed by atoms with E-state index in [1.807, 2.05) is 0 Å². The number of amides is 2. The van der Waals surface area contributed by atoms with Crippen LogP contribution in [0, 0.1) is 0 Å². The van der Waals surface area contributed by atoms with Crippen molar-refractivity contribution >= 4 is 17.8 Å². The first-order valence-electron chi connectivity index (χ1n) is 5.58. The number of ether oxygens (including phenoxy) is 1. The van der Waals surface area contributed by atoms with Crippen LogP contribution in [0.5, 0.6) is 0 Å². The molecule has 2 amide bonds. The summed E-state index contributed by atoms with van der Waals surface area (Å²) in [5, 5.41) is 2.40. The minimum Gasteiger partial charge on any atom is -0.465 e. The van der Waals surface area contributed by atoms with Crippen molar-refractivity contribution in [3.8, 4) is 0 Å². The maximum Gasteiger partial charge on any atom is 0.325 e. The van der Waals surface area contributed by atoms with Gasteiger partial charge in [0, 0.05) is 13.0 Å². The van der Waals surface area contributed by atoms with Crippen LogP contribution in [0.1, 0.15) is 27.7 Å². The highest BCUT2D eigenvalue weighted by Gasteiger charge is 2.20. The van der Waals surface area contributed by atoms with E-state index in [9.17, 15) is 14.4 Å². The lowest BCUT2D eigenvalue weighted by Gasteiger charge is -2.25. The molecule has 0 aromatic carbocycles. The molecule has 0 atom stereocenters. The van der Waals surface area contributed by atoms with Crippen molar-refractivity contribution in [2.24, 2.45) is 0 Å². The minimum absolute atomic E-state index is 0.0933. The van der Waals surface area contributed by atoms with Crippen molar-refractivity contribution in [1.82, 2.24) is 10.2 Å². The summed E-state index contributed by atoms with van der Waals surface area (Å²) in [5.74, 6) is -1.03. The van der Waals surface area contributed by atoms with Gasteiger partial charge in [-0.25, -0.2) is 0 Å². The molecule has 1 N–H and O–H groups in total. The number of hydrogen-bond donors (Lipinski definition) is 1. The largest absolute Gasteiger partial charge is 0.465 e. The molecule has 6 heteroatoms. The average molecular weight is 244 g/mol. The second-order valence-electron chi connectivity index (χ2n) is 3.83. The normalized spacial score (nSPS) is 9.94. The molecular formula is C11H20N2O4. The van der Waals surface area contributed by atoms with Crippen molar-refractivity contribution < 1.29 is 19.1 Å². The van der Waals surface area contributed by atoms with Crippen LogP contribution in [-0.4, -0.2) is 48.4 Å². The number of nitrogens with zero attached hydrogens (tertiary/aromatic N) is 1. The second kappa shape index (κ2) is 7.65. The van der Waals surface area contributed by atoms with Crippen LogP contribution in [0.4, 0.5) is 0 Å². The van der Waals surface area contributed by atoms with Gasteiger partial charge in [0.25, 0.3) is 0 Å². The third-order valence-corrected chi connectivity index (χ3v) is 2.04. The number of carbonyl (C=O) groups excluding carboxylic acids is 3. The lowest BCUT2D eigenvalue weighted by molar-refractivity contribution is -0.149. The molecule has 0 fully saturated rings. The second-order valence-corrected chi connectivity index (χ2v) is 3.83. The summed E-state index contributed by atoms with van der Waals surface area (Å²) in [6.07, 6.45) is 0. The molecule has 98 valence electrons. The van der Waals surface area contributed by atoms with E-state index in [1.165, 1.54) is 11.8 Å². The van der Waals surface area contributed by atoms with E-state index in [2.05, 4.69) is 5.32 Å². The fraction of sp³-hybridized carbons (Fsp3) is 0.727. The van der Waals surface area contributed by atoms with E-state index in [0.717, 1.165) is 0 Å². The van der Waals surface area contributed by atoms with Crippen LogP contribution >= 0.6 is 0 Å². The van der Waals surface area contributed by atoms with Gasteiger partial charge in [-0.15, -0.1) is 0 Å². The molecule has 0 saturated heterocycles. The molecule has 17 heavy (non-hydrogen) atoms. The van der Waals surface area contributed by atoms with Crippen molar-refractivity contribution in [2.45, 2.75) is 33.7 Å². The molecule has 0 aromatic heterocycles. The van der Waals surface area contributed by atoms with Gasteiger partial charge in [0.15, 0.2) is 0 Å². The summed E-state index contributed by atoms with van der Waals surface area (Å²) in [6, 6.07) is -0.124. The van der Waals surface area contributed by atoms with Crippen molar-refractivity contribution in [2.75, 3.05) is 19.7 Å². The van der Waals surface area contributed by atoms with E-state index in [1.54, 1.807) is 20.8 Å². The molecule has 0 aliphatic heterocycles. The Hall–Kier alpha value is -1.59. The third kappa shape index (κ3) is 6.55. The topological polar surface area (TPSA) is 75.7 Å². The fourth-order valence-corrected chi connectivity index (χ4v) is 1.21. The molecular weight excluding hydrogens is 224 g/mol. The number of rotatable bonds is 6. The number of hydrogen-bond acceptors (Lipinski definition) is 4. The monoisotopic (exact) mass is 244 g/mol. The van der Waals surface area contributed by atoms with Gasteiger partial charge in [-0.2, -0.15) is 0 Å². The van der Waals surface area contributed by atoms with Gasteiger partial charge in [-0.05, 0) is 20.8 Å². The smallest absolute Gasteiger partial charge is 0.325 e.